The van der Waals surface area contributed by atoms with Gasteiger partial charge in [-0.1, -0.05) is 12.8 Å². The van der Waals surface area contributed by atoms with Crippen LogP contribution in [-0.2, 0) is 9.59 Å². The van der Waals surface area contributed by atoms with Crippen LogP contribution in [0.15, 0.2) is 6.33 Å². The Hall–Kier alpha value is -2.05. The SMILES string of the molecule is O=C(Nc1ncnc(NC(=O)C2CCC2)n1)C1CCC1. The number of nitrogens with one attached hydrogen (secondary N) is 2. The van der Waals surface area contributed by atoms with E-state index in [1.54, 1.807) is 0 Å². The number of nitrogens with zero attached hydrogens (tertiary/aromatic N) is 3. The molecule has 7 heteroatoms. The zero-order chi connectivity index (χ0) is 13.9. The lowest BCUT2D eigenvalue weighted by Crippen LogP contribution is -2.30. The van der Waals surface area contributed by atoms with Crippen LogP contribution in [0.5, 0.6) is 0 Å². The maximum absolute atomic E-state index is 11.8. The Labute approximate surface area is 116 Å². The lowest BCUT2D eigenvalue weighted by atomic mass is 9.85. The molecule has 2 aliphatic carbocycles. The minimum Gasteiger partial charge on any atom is -0.294 e. The molecule has 1 aromatic heterocycles. The van der Waals surface area contributed by atoms with Crippen molar-refractivity contribution in [1.29, 1.82) is 0 Å². The summed E-state index contributed by atoms with van der Waals surface area (Å²) in [5.41, 5.74) is 0. The Balaban J connectivity index is 1.59. The van der Waals surface area contributed by atoms with Crippen LogP contribution in [0.2, 0.25) is 0 Å². The predicted octanol–water partition coefficient (Wildman–Crippen LogP) is 1.35. The van der Waals surface area contributed by atoms with Gasteiger partial charge in [-0.3, -0.25) is 20.2 Å². The van der Waals surface area contributed by atoms with E-state index in [1.165, 1.54) is 6.33 Å². The zero-order valence-electron chi connectivity index (χ0n) is 11.1. The van der Waals surface area contributed by atoms with Gasteiger partial charge in [-0.05, 0) is 25.7 Å². The van der Waals surface area contributed by atoms with Crippen molar-refractivity contribution in [3.63, 3.8) is 0 Å². The Bertz CT molecular complexity index is 482. The molecule has 0 radical (unpaired) electrons. The third kappa shape index (κ3) is 2.76. The summed E-state index contributed by atoms with van der Waals surface area (Å²) in [7, 11) is 0. The van der Waals surface area contributed by atoms with Crippen LogP contribution < -0.4 is 10.6 Å². The molecule has 1 heterocycles. The van der Waals surface area contributed by atoms with E-state index < -0.39 is 0 Å². The van der Waals surface area contributed by atoms with E-state index in [9.17, 15) is 9.59 Å². The molecule has 2 N–H and O–H groups in total. The fourth-order valence-electron chi connectivity index (χ4n) is 2.18. The molecule has 2 saturated carbocycles. The highest BCUT2D eigenvalue weighted by Crippen LogP contribution is 2.28. The van der Waals surface area contributed by atoms with Crippen LogP contribution in [-0.4, -0.2) is 26.8 Å². The number of hydrogen-bond donors (Lipinski definition) is 2. The minimum absolute atomic E-state index is 0.0567. The highest BCUT2D eigenvalue weighted by Gasteiger charge is 2.27. The summed E-state index contributed by atoms with van der Waals surface area (Å²) in [5.74, 6) is 0.415. The van der Waals surface area contributed by atoms with Gasteiger partial charge < -0.3 is 0 Å². The summed E-state index contributed by atoms with van der Waals surface area (Å²) in [4.78, 5) is 35.4. The highest BCUT2D eigenvalue weighted by atomic mass is 16.2. The molecule has 0 aromatic carbocycles. The molecule has 0 atom stereocenters. The normalized spacial score (nSPS) is 18.8. The standard InChI is InChI=1S/C13H17N5O2/c19-10(8-3-1-4-8)16-12-14-7-15-13(18-12)17-11(20)9-5-2-6-9/h7-9H,1-6H2,(H2,14,15,16,17,18,19,20). The average molecular weight is 275 g/mol. The summed E-state index contributed by atoms with van der Waals surface area (Å²) in [6, 6.07) is 0. The molecule has 0 aliphatic heterocycles. The molecule has 3 rings (SSSR count). The number of anilines is 2. The van der Waals surface area contributed by atoms with Crippen LogP contribution in [0.1, 0.15) is 38.5 Å². The monoisotopic (exact) mass is 275 g/mol. The summed E-state index contributed by atoms with van der Waals surface area (Å²) in [6.07, 6.45) is 7.16. The summed E-state index contributed by atoms with van der Waals surface area (Å²) >= 11 is 0. The summed E-state index contributed by atoms with van der Waals surface area (Å²) < 4.78 is 0. The van der Waals surface area contributed by atoms with E-state index in [0.717, 1.165) is 38.5 Å². The lowest BCUT2D eigenvalue weighted by Gasteiger charge is -2.24. The van der Waals surface area contributed by atoms with E-state index >= 15 is 0 Å². The molecule has 20 heavy (non-hydrogen) atoms. The lowest BCUT2D eigenvalue weighted by molar-refractivity contribution is -0.122. The van der Waals surface area contributed by atoms with Crippen LogP contribution in [0.3, 0.4) is 0 Å². The molecular weight excluding hydrogens is 258 g/mol. The molecule has 0 spiro atoms. The van der Waals surface area contributed by atoms with Crippen molar-refractivity contribution in [3.8, 4) is 0 Å². The van der Waals surface area contributed by atoms with Gasteiger partial charge in [0.05, 0.1) is 0 Å². The molecule has 0 bridgehead atoms. The first-order valence-corrected chi connectivity index (χ1v) is 7.03. The Morgan fingerprint density at radius 3 is 1.70 bits per heavy atom. The number of carbonyl (C=O) groups is 2. The fourth-order valence-corrected chi connectivity index (χ4v) is 2.18. The number of carbonyl (C=O) groups excluding carboxylic acids is 2. The quantitative estimate of drug-likeness (QED) is 0.864. The maximum atomic E-state index is 11.8. The Morgan fingerprint density at radius 2 is 1.35 bits per heavy atom. The third-order valence-corrected chi connectivity index (χ3v) is 3.99. The molecular formula is C13H17N5O2. The van der Waals surface area contributed by atoms with Crippen LogP contribution in [0.25, 0.3) is 0 Å². The van der Waals surface area contributed by atoms with Crippen LogP contribution >= 0.6 is 0 Å². The number of aromatic nitrogens is 3. The van der Waals surface area contributed by atoms with Gasteiger partial charge >= 0.3 is 0 Å². The predicted molar refractivity (Wildman–Crippen MR) is 71.8 cm³/mol. The molecule has 0 saturated heterocycles. The minimum atomic E-state index is -0.0567. The second kappa shape index (κ2) is 5.52. The van der Waals surface area contributed by atoms with Gasteiger partial charge in [0.1, 0.15) is 6.33 Å². The molecule has 2 fully saturated rings. The van der Waals surface area contributed by atoms with Crippen LogP contribution in [0, 0.1) is 11.8 Å². The van der Waals surface area contributed by atoms with Gasteiger partial charge in [-0.25, -0.2) is 9.97 Å². The van der Waals surface area contributed by atoms with Crippen molar-refractivity contribution < 1.29 is 9.59 Å². The van der Waals surface area contributed by atoms with E-state index in [4.69, 9.17) is 0 Å². The zero-order valence-corrected chi connectivity index (χ0v) is 11.1. The summed E-state index contributed by atoms with van der Waals surface area (Å²) in [5, 5.41) is 5.32. The molecule has 2 amide bonds. The van der Waals surface area contributed by atoms with Crippen molar-refractivity contribution >= 4 is 23.7 Å². The number of amides is 2. The number of hydrogen-bond acceptors (Lipinski definition) is 5. The first kappa shape index (κ1) is 13.0. The van der Waals surface area contributed by atoms with E-state index in [1.807, 2.05) is 0 Å². The first-order chi connectivity index (χ1) is 9.72. The second-order valence-corrected chi connectivity index (χ2v) is 5.37. The highest BCUT2D eigenvalue weighted by molar-refractivity contribution is 5.93. The van der Waals surface area contributed by atoms with Crippen LogP contribution in [0.4, 0.5) is 11.9 Å². The van der Waals surface area contributed by atoms with E-state index in [-0.39, 0.29) is 35.5 Å². The molecule has 1 aromatic rings. The topological polar surface area (TPSA) is 96.9 Å². The maximum Gasteiger partial charge on any atom is 0.234 e. The van der Waals surface area contributed by atoms with Gasteiger partial charge in [0.15, 0.2) is 0 Å². The molecule has 2 aliphatic rings. The fraction of sp³-hybridized carbons (Fsp3) is 0.615. The van der Waals surface area contributed by atoms with Crippen molar-refractivity contribution in [2.75, 3.05) is 10.6 Å². The van der Waals surface area contributed by atoms with Crippen molar-refractivity contribution in [1.82, 2.24) is 15.0 Å². The van der Waals surface area contributed by atoms with Gasteiger partial charge in [0.25, 0.3) is 0 Å². The molecule has 0 unspecified atom stereocenters. The Kier molecular flexibility index (Phi) is 3.58. The van der Waals surface area contributed by atoms with Gasteiger partial charge in [-0.15, -0.1) is 0 Å². The van der Waals surface area contributed by atoms with E-state index in [2.05, 4.69) is 25.6 Å². The van der Waals surface area contributed by atoms with Crippen molar-refractivity contribution in [2.45, 2.75) is 38.5 Å². The van der Waals surface area contributed by atoms with Gasteiger partial charge in [-0.2, -0.15) is 4.98 Å². The van der Waals surface area contributed by atoms with Gasteiger partial charge in [0.2, 0.25) is 23.7 Å². The Morgan fingerprint density at radius 1 is 0.900 bits per heavy atom. The van der Waals surface area contributed by atoms with Crippen molar-refractivity contribution in [2.24, 2.45) is 11.8 Å². The average Bonchev–Trinajstić information content (AvgIpc) is 2.23. The molecule has 106 valence electrons. The number of rotatable bonds is 4. The smallest absolute Gasteiger partial charge is 0.234 e. The van der Waals surface area contributed by atoms with Crippen molar-refractivity contribution in [3.05, 3.63) is 6.33 Å². The summed E-state index contributed by atoms with van der Waals surface area (Å²) in [6.45, 7) is 0. The third-order valence-electron chi connectivity index (χ3n) is 3.99. The van der Waals surface area contributed by atoms with E-state index in [0.29, 0.717) is 0 Å². The van der Waals surface area contributed by atoms with Gasteiger partial charge in [0, 0.05) is 11.8 Å². The molecule has 7 nitrogen and oxygen atoms in total. The first-order valence-electron chi connectivity index (χ1n) is 7.03. The second-order valence-electron chi connectivity index (χ2n) is 5.37. The largest absolute Gasteiger partial charge is 0.294 e.